The number of phenols is 1. The first-order chi connectivity index (χ1) is 13.5. The standard InChI is InChI=1S/C20H12ClN3O4/c21-14-7-8-18-16(10-14)23-20(28-18)12-3-1-5-15(9-12)22-11-13-4-2-6-17(19(13)25)24(26)27/h1-11,25H. The van der Waals surface area contributed by atoms with Crippen LogP contribution >= 0.6 is 11.6 Å². The molecule has 138 valence electrons. The molecule has 3 aromatic carbocycles. The van der Waals surface area contributed by atoms with Gasteiger partial charge in [0.15, 0.2) is 5.58 Å². The first kappa shape index (κ1) is 17.7. The van der Waals surface area contributed by atoms with Crippen LogP contribution in [0.15, 0.2) is 70.1 Å². The molecule has 0 fully saturated rings. The largest absolute Gasteiger partial charge is 0.502 e. The van der Waals surface area contributed by atoms with Gasteiger partial charge in [-0.05, 0) is 42.5 Å². The number of oxazole rings is 1. The Kier molecular flexibility index (Phi) is 4.50. The third-order valence-corrected chi connectivity index (χ3v) is 4.27. The molecule has 0 atom stereocenters. The van der Waals surface area contributed by atoms with Crippen molar-refractivity contribution in [1.82, 2.24) is 4.98 Å². The summed E-state index contributed by atoms with van der Waals surface area (Å²) in [6.07, 6.45) is 1.37. The van der Waals surface area contributed by atoms with Gasteiger partial charge in [-0.3, -0.25) is 15.1 Å². The molecule has 7 nitrogen and oxygen atoms in total. The monoisotopic (exact) mass is 393 g/mol. The van der Waals surface area contributed by atoms with Gasteiger partial charge in [0, 0.05) is 28.4 Å². The summed E-state index contributed by atoms with van der Waals surface area (Å²) >= 11 is 5.98. The van der Waals surface area contributed by atoms with Gasteiger partial charge >= 0.3 is 5.69 Å². The van der Waals surface area contributed by atoms with Crippen LogP contribution in [0.25, 0.3) is 22.6 Å². The summed E-state index contributed by atoms with van der Waals surface area (Å²) in [6.45, 7) is 0. The number of benzene rings is 3. The van der Waals surface area contributed by atoms with E-state index in [-0.39, 0.29) is 11.3 Å². The van der Waals surface area contributed by atoms with Crippen LogP contribution in [0.3, 0.4) is 0 Å². The fourth-order valence-electron chi connectivity index (χ4n) is 2.69. The van der Waals surface area contributed by atoms with Crippen LogP contribution in [0, 0.1) is 10.1 Å². The van der Waals surface area contributed by atoms with E-state index >= 15 is 0 Å². The van der Waals surface area contributed by atoms with Crippen LogP contribution in [0.5, 0.6) is 5.75 Å². The van der Waals surface area contributed by atoms with Gasteiger partial charge in [0.2, 0.25) is 11.6 Å². The Morgan fingerprint density at radius 1 is 1.14 bits per heavy atom. The normalized spacial score (nSPS) is 11.3. The van der Waals surface area contributed by atoms with Gasteiger partial charge in [-0.2, -0.15) is 0 Å². The number of phenolic OH excluding ortho intramolecular Hbond substituents is 1. The Morgan fingerprint density at radius 2 is 1.96 bits per heavy atom. The van der Waals surface area contributed by atoms with E-state index in [0.717, 1.165) is 0 Å². The lowest BCUT2D eigenvalue weighted by atomic mass is 10.2. The molecule has 0 saturated heterocycles. The molecule has 4 aromatic rings. The van der Waals surface area contributed by atoms with E-state index in [2.05, 4.69) is 9.98 Å². The summed E-state index contributed by atoms with van der Waals surface area (Å²) in [7, 11) is 0. The lowest BCUT2D eigenvalue weighted by Gasteiger charge is -2.00. The molecule has 1 aromatic heterocycles. The molecule has 1 heterocycles. The molecule has 4 rings (SSSR count). The smallest absolute Gasteiger partial charge is 0.311 e. The second-order valence-corrected chi connectivity index (χ2v) is 6.35. The number of nitro groups is 1. The molecule has 0 amide bonds. The third-order valence-electron chi connectivity index (χ3n) is 4.04. The molecule has 0 saturated carbocycles. The van der Waals surface area contributed by atoms with E-state index in [0.29, 0.717) is 33.3 Å². The van der Waals surface area contributed by atoms with Crippen LogP contribution in [0.1, 0.15) is 5.56 Å². The fourth-order valence-corrected chi connectivity index (χ4v) is 2.85. The van der Waals surface area contributed by atoms with Crippen LogP contribution < -0.4 is 0 Å². The highest BCUT2D eigenvalue weighted by Gasteiger charge is 2.15. The lowest BCUT2D eigenvalue weighted by Crippen LogP contribution is -1.91. The molecule has 0 bridgehead atoms. The minimum atomic E-state index is -0.646. The van der Waals surface area contributed by atoms with Crippen molar-refractivity contribution >= 4 is 40.3 Å². The molecule has 0 aliphatic heterocycles. The van der Waals surface area contributed by atoms with Crippen molar-refractivity contribution in [3.8, 4) is 17.2 Å². The van der Waals surface area contributed by atoms with E-state index in [1.807, 2.05) is 6.07 Å². The fraction of sp³-hybridized carbons (Fsp3) is 0. The minimum absolute atomic E-state index is 0.246. The van der Waals surface area contributed by atoms with E-state index in [1.54, 1.807) is 42.5 Å². The molecular weight excluding hydrogens is 382 g/mol. The molecule has 0 spiro atoms. The zero-order valence-electron chi connectivity index (χ0n) is 14.2. The number of para-hydroxylation sites is 1. The van der Waals surface area contributed by atoms with Crippen LogP contribution in [0.4, 0.5) is 11.4 Å². The van der Waals surface area contributed by atoms with Crippen molar-refractivity contribution in [2.24, 2.45) is 4.99 Å². The molecule has 8 heteroatoms. The molecule has 0 radical (unpaired) electrons. The van der Waals surface area contributed by atoms with Crippen molar-refractivity contribution in [2.45, 2.75) is 0 Å². The maximum Gasteiger partial charge on any atom is 0.311 e. The Labute approximate surface area is 163 Å². The molecule has 1 N–H and O–H groups in total. The predicted octanol–water partition coefficient (Wildman–Crippen LogP) is 5.51. The van der Waals surface area contributed by atoms with Crippen LogP contribution in [-0.4, -0.2) is 21.2 Å². The Hall–Kier alpha value is -3.71. The average molecular weight is 394 g/mol. The van der Waals surface area contributed by atoms with Crippen molar-refractivity contribution in [3.63, 3.8) is 0 Å². The summed E-state index contributed by atoms with van der Waals surface area (Å²) in [4.78, 5) is 19.0. The van der Waals surface area contributed by atoms with Gasteiger partial charge in [-0.1, -0.05) is 23.7 Å². The number of hydrogen-bond donors (Lipinski definition) is 1. The number of aromatic hydroxyl groups is 1. The Balaban J connectivity index is 1.66. The number of nitro benzene ring substituents is 1. The van der Waals surface area contributed by atoms with Gasteiger partial charge < -0.3 is 9.52 Å². The molecule has 0 aliphatic carbocycles. The number of aromatic nitrogens is 1. The van der Waals surface area contributed by atoms with E-state index < -0.39 is 10.7 Å². The highest BCUT2D eigenvalue weighted by Crippen LogP contribution is 2.30. The van der Waals surface area contributed by atoms with Gasteiger partial charge in [0.25, 0.3) is 0 Å². The molecule has 28 heavy (non-hydrogen) atoms. The molecule has 0 unspecified atom stereocenters. The van der Waals surface area contributed by atoms with Gasteiger partial charge in [0.1, 0.15) is 5.52 Å². The lowest BCUT2D eigenvalue weighted by molar-refractivity contribution is -0.385. The summed E-state index contributed by atoms with van der Waals surface area (Å²) in [5.74, 6) is -0.00394. The van der Waals surface area contributed by atoms with Crippen LogP contribution in [-0.2, 0) is 0 Å². The van der Waals surface area contributed by atoms with Gasteiger partial charge in [-0.25, -0.2) is 4.98 Å². The van der Waals surface area contributed by atoms with E-state index in [9.17, 15) is 15.2 Å². The second kappa shape index (κ2) is 7.13. The van der Waals surface area contributed by atoms with Crippen molar-refractivity contribution in [1.29, 1.82) is 0 Å². The van der Waals surface area contributed by atoms with Crippen molar-refractivity contribution in [2.75, 3.05) is 0 Å². The van der Waals surface area contributed by atoms with Crippen LogP contribution in [0.2, 0.25) is 5.02 Å². The summed E-state index contributed by atoms with van der Waals surface area (Å²) < 4.78 is 5.75. The van der Waals surface area contributed by atoms with E-state index in [1.165, 1.54) is 18.3 Å². The highest BCUT2D eigenvalue weighted by atomic mass is 35.5. The highest BCUT2D eigenvalue weighted by molar-refractivity contribution is 6.31. The van der Waals surface area contributed by atoms with Gasteiger partial charge in [-0.15, -0.1) is 0 Å². The number of hydrogen-bond acceptors (Lipinski definition) is 6. The predicted molar refractivity (Wildman–Crippen MR) is 106 cm³/mol. The Morgan fingerprint density at radius 3 is 2.79 bits per heavy atom. The zero-order valence-corrected chi connectivity index (χ0v) is 15.0. The number of halogens is 1. The topological polar surface area (TPSA) is 102 Å². The average Bonchev–Trinajstić information content (AvgIpc) is 3.10. The first-order valence-corrected chi connectivity index (χ1v) is 8.56. The Bertz CT molecular complexity index is 1230. The van der Waals surface area contributed by atoms with Crippen molar-refractivity contribution < 1.29 is 14.4 Å². The number of aliphatic imine (C=N–C) groups is 1. The van der Waals surface area contributed by atoms with Gasteiger partial charge in [0.05, 0.1) is 10.6 Å². The minimum Gasteiger partial charge on any atom is -0.502 e. The van der Waals surface area contributed by atoms with E-state index in [4.69, 9.17) is 16.0 Å². The summed E-state index contributed by atoms with van der Waals surface area (Å²) in [6, 6.07) is 16.6. The van der Waals surface area contributed by atoms with Crippen molar-refractivity contribution in [3.05, 3.63) is 81.4 Å². The second-order valence-electron chi connectivity index (χ2n) is 5.91. The SMILES string of the molecule is O=[N+]([O-])c1cccc(C=Nc2cccc(-c3nc4cc(Cl)ccc4o3)c2)c1O. The summed E-state index contributed by atoms with van der Waals surface area (Å²) in [5, 5.41) is 21.5. The first-order valence-electron chi connectivity index (χ1n) is 8.18. The maximum atomic E-state index is 10.9. The number of fused-ring (bicyclic) bond motifs is 1. The third kappa shape index (κ3) is 3.43. The maximum absolute atomic E-state index is 10.9. The molecule has 0 aliphatic rings. The number of rotatable bonds is 4. The molecular formula is C20H12ClN3O4. The summed E-state index contributed by atoms with van der Waals surface area (Å²) in [5.41, 5.74) is 2.43. The quantitative estimate of drug-likeness (QED) is 0.279. The number of nitrogens with zero attached hydrogens (tertiary/aromatic N) is 3. The zero-order chi connectivity index (χ0) is 19.7.